The summed E-state index contributed by atoms with van der Waals surface area (Å²) in [4.78, 5) is 10.7. The SMILES string of the molecule is C[C@]12CC3CC(NC4CCCOO4)(C1)C[C@@](C)(C3)C2. The molecule has 3 heteroatoms. The van der Waals surface area contributed by atoms with Crippen LogP contribution in [0.5, 0.6) is 0 Å². The monoisotopic (exact) mass is 265 g/mol. The van der Waals surface area contributed by atoms with Crippen molar-refractivity contribution in [2.45, 2.75) is 77.0 Å². The summed E-state index contributed by atoms with van der Waals surface area (Å²) in [6.45, 7) is 5.79. The molecule has 19 heavy (non-hydrogen) atoms. The molecule has 4 bridgehead atoms. The van der Waals surface area contributed by atoms with Crippen LogP contribution in [0.15, 0.2) is 0 Å². The van der Waals surface area contributed by atoms with E-state index < -0.39 is 0 Å². The number of rotatable bonds is 2. The molecule has 0 aromatic rings. The van der Waals surface area contributed by atoms with Gasteiger partial charge in [0, 0.05) is 5.54 Å². The lowest BCUT2D eigenvalue weighted by molar-refractivity contribution is -0.356. The summed E-state index contributed by atoms with van der Waals surface area (Å²) in [5, 5.41) is 3.87. The Morgan fingerprint density at radius 1 is 1.00 bits per heavy atom. The molecule has 1 saturated heterocycles. The molecule has 108 valence electrons. The summed E-state index contributed by atoms with van der Waals surface area (Å²) < 4.78 is 0. The molecular weight excluding hydrogens is 238 g/mol. The lowest BCUT2D eigenvalue weighted by Crippen LogP contribution is -2.66. The first-order valence-corrected chi connectivity index (χ1v) is 8.04. The van der Waals surface area contributed by atoms with Crippen LogP contribution in [-0.2, 0) is 9.78 Å². The number of nitrogens with one attached hydrogen (secondary N) is 1. The minimum atomic E-state index is 0.122. The van der Waals surface area contributed by atoms with Gasteiger partial charge in [-0.3, -0.25) is 5.32 Å². The summed E-state index contributed by atoms with van der Waals surface area (Å²) in [7, 11) is 0. The maximum absolute atomic E-state index is 5.47. The van der Waals surface area contributed by atoms with Crippen molar-refractivity contribution < 1.29 is 9.78 Å². The fourth-order valence-electron chi connectivity index (χ4n) is 6.55. The van der Waals surface area contributed by atoms with Crippen molar-refractivity contribution in [3.63, 3.8) is 0 Å². The molecule has 3 nitrogen and oxygen atoms in total. The first kappa shape index (κ1) is 12.6. The Morgan fingerprint density at radius 2 is 1.74 bits per heavy atom. The maximum Gasteiger partial charge on any atom is 0.144 e. The minimum absolute atomic E-state index is 0.122. The van der Waals surface area contributed by atoms with Gasteiger partial charge in [-0.05, 0) is 68.1 Å². The van der Waals surface area contributed by atoms with Crippen LogP contribution < -0.4 is 5.32 Å². The Bertz CT molecular complexity index is 359. The van der Waals surface area contributed by atoms with E-state index in [1.54, 1.807) is 0 Å². The third kappa shape index (κ3) is 2.14. The molecule has 1 N–H and O–H groups in total. The highest BCUT2D eigenvalue weighted by Gasteiger charge is 2.60. The van der Waals surface area contributed by atoms with Crippen molar-refractivity contribution >= 4 is 0 Å². The normalized spacial score (nSPS) is 56.5. The van der Waals surface area contributed by atoms with E-state index in [4.69, 9.17) is 9.78 Å². The molecule has 5 fully saturated rings. The van der Waals surface area contributed by atoms with Crippen molar-refractivity contribution in [3.8, 4) is 0 Å². The average Bonchev–Trinajstić information content (AvgIpc) is 2.24. The van der Waals surface area contributed by atoms with Crippen LogP contribution in [0.2, 0.25) is 0 Å². The zero-order valence-corrected chi connectivity index (χ0v) is 12.3. The Kier molecular flexibility index (Phi) is 2.63. The van der Waals surface area contributed by atoms with Gasteiger partial charge in [-0.1, -0.05) is 13.8 Å². The van der Waals surface area contributed by atoms with Gasteiger partial charge in [0.25, 0.3) is 0 Å². The maximum atomic E-state index is 5.47. The average molecular weight is 265 g/mol. The summed E-state index contributed by atoms with van der Waals surface area (Å²) in [5.74, 6) is 0.934. The molecule has 0 aromatic heterocycles. The van der Waals surface area contributed by atoms with Gasteiger partial charge in [0.05, 0.1) is 6.61 Å². The van der Waals surface area contributed by atoms with E-state index >= 15 is 0 Å². The van der Waals surface area contributed by atoms with Gasteiger partial charge in [0.15, 0.2) is 0 Å². The quantitative estimate of drug-likeness (QED) is 0.776. The first-order chi connectivity index (χ1) is 8.99. The van der Waals surface area contributed by atoms with Crippen molar-refractivity contribution in [3.05, 3.63) is 0 Å². The summed E-state index contributed by atoms with van der Waals surface area (Å²) in [6.07, 6.45) is 10.7. The molecule has 1 aliphatic heterocycles. The van der Waals surface area contributed by atoms with E-state index in [-0.39, 0.29) is 6.23 Å². The van der Waals surface area contributed by atoms with Gasteiger partial charge in [-0.2, -0.15) is 0 Å². The van der Waals surface area contributed by atoms with Crippen molar-refractivity contribution in [1.82, 2.24) is 5.32 Å². The van der Waals surface area contributed by atoms with Gasteiger partial charge in [0.2, 0.25) is 0 Å². The minimum Gasteiger partial charge on any atom is -0.284 e. The highest BCUT2D eigenvalue weighted by molar-refractivity contribution is 5.14. The van der Waals surface area contributed by atoms with Crippen LogP contribution in [0, 0.1) is 16.7 Å². The standard InChI is InChI=1S/C16H27NO2/c1-14-6-12-7-15(2,9-14)11-16(8-12,10-14)17-13-4-3-5-18-19-13/h12-13,17H,3-11H2,1-2H3/t12?,13?,14-,15+,16?. The second kappa shape index (κ2) is 3.96. The van der Waals surface area contributed by atoms with Crippen LogP contribution in [-0.4, -0.2) is 18.4 Å². The molecular formula is C16H27NO2. The zero-order valence-electron chi connectivity index (χ0n) is 12.3. The predicted molar refractivity (Wildman–Crippen MR) is 73.3 cm³/mol. The molecule has 3 unspecified atom stereocenters. The molecule has 5 atom stereocenters. The molecule has 4 saturated carbocycles. The second-order valence-electron chi connectivity index (χ2n) is 8.60. The van der Waals surface area contributed by atoms with Crippen LogP contribution in [0.3, 0.4) is 0 Å². The molecule has 0 amide bonds. The van der Waals surface area contributed by atoms with Crippen molar-refractivity contribution in [2.24, 2.45) is 16.7 Å². The van der Waals surface area contributed by atoms with E-state index in [0.717, 1.165) is 25.4 Å². The van der Waals surface area contributed by atoms with Gasteiger partial charge >= 0.3 is 0 Å². The first-order valence-electron chi connectivity index (χ1n) is 8.04. The van der Waals surface area contributed by atoms with E-state index in [0.29, 0.717) is 16.4 Å². The third-order valence-corrected chi connectivity index (χ3v) is 5.97. The molecule has 5 rings (SSSR count). The smallest absolute Gasteiger partial charge is 0.144 e. The summed E-state index contributed by atoms with van der Waals surface area (Å²) in [5.41, 5.74) is 1.46. The highest BCUT2D eigenvalue weighted by Crippen LogP contribution is 2.66. The highest BCUT2D eigenvalue weighted by atomic mass is 17.2. The molecule has 0 aromatic carbocycles. The van der Waals surface area contributed by atoms with Crippen LogP contribution in [0.25, 0.3) is 0 Å². The Morgan fingerprint density at radius 3 is 2.32 bits per heavy atom. The number of hydrogen-bond acceptors (Lipinski definition) is 3. The van der Waals surface area contributed by atoms with Crippen LogP contribution >= 0.6 is 0 Å². The van der Waals surface area contributed by atoms with E-state index in [9.17, 15) is 0 Å². The van der Waals surface area contributed by atoms with Crippen LogP contribution in [0.1, 0.15) is 65.2 Å². The summed E-state index contributed by atoms with van der Waals surface area (Å²) >= 11 is 0. The van der Waals surface area contributed by atoms with Crippen molar-refractivity contribution in [1.29, 1.82) is 0 Å². The van der Waals surface area contributed by atoms with Crippen LogP contribution in [0.4, 0.5) is 0 Å². The van der Waals surface area contributed by atoms with E-state index in [1.807, 2.05) is 0 Å². The van der Waals surface area contributed by atoms with Gasteiger partial charge in [-0.15, -0.1) is 0 Å². The lowest BCUT2D eigenvalue weighted by Gasteiger charge is -2.66. The lowest BCUT2D eigenvalue weighted by atomic mass is 9.43. The molecule has 4 aliphatic carbocycles. The third-order valence-electron chi connectivity index (χ3n) is 5.97. The summed E-state index contributed by atoms with van der Waals surface area (Å²) in [6, 6.07) is 0. The number of hydrogen-bond donors (Lipinski definition) is 1. The van der Waals surface area contributed by atoms with Gasteiger partial charge in [-0.25, -0.2) is 9.78 Å². The second-order valence-corrected chi connectivity index (χ2v) is 8.60. The zero-order chi connectivity index (χ0) is 13.1. The Labute approximate surface area is 116 Å². The van der Waals surface area contributed by atoms with Gasteiger partial charge < -0.3 is 0 Å². The largest absolute Gasteiger partial charge is 0.284 e. The predicted octanol–water partition coefficient (Wildman–Crippen LogP) is 3.39. The molecule has 1 heterocycles. The fourth-order valence-corrected chi connectivity index (χ4v) is 6.55. The molecule has 5 aliphatic rings. The van der Waals surface area contributed by atoms with E-state index in [1.165, 1.54) is 38.5 Å². The molecule has 0 spiro atoms. The van der Waals surface area contributed by atoms with Crippen molar-refractivity contribution in [2.75, 3.05) is 6.61 Å². The Hall–Kier alpha value is -0.120. The Balaban J connectivity index is 1.56. The molecule has 0 radical (unpaired) electrons. The van der Waals surface area contributed by atoms with E-state index in [2.05, 4.69) is 19.2 Å². The topological polar surface area (TPSA) is 30.5 Å². The van der Waals surface area contributed by atoms with Gasteiger partial charge in [0.1, 0.15) is 6.23 Å². The fraction of sp³-hybridized carbons (Fsp3) is 1.00.